The lowest BCUT2D eigenvalue weighted by Crippen LogP contribution is -2.19. The molecule has 0 aliphatic heterocycles. The van der Waals surface area contributed by atoms with Crippen LogP contribution in [-0.4, -0.2) is 40.5 Å². The fraction of sp³-hybridized carbons (Fsp3) is 0.391. The van der Waals surface area contributed by atoms with E-state index in [0.717, 1.165) is 51.7 Å². The predicted octanol–water partition coefficient (Wildman–Crippen LogP) is 4.39. The Morgan fingerprint density at radius 2 is 2.03 bits per heavy atom. The van der Waals surface area contributed by atoms with Crippen LogP contribution in [0.15, 0.2) is 23.2 Å². The number of thiophene rings is 1. The van der Waals surface area contributed by atoms with E-state index in [1.807, 2.05) is 11.5 Å². The van der Waals surface area contributed by atoms with Crippen molar-refractivity contribution < 1.29 is 23.5 Å². The normalized spacial score (nSPS) is 13.3. The monoisotopic (exact) mass is 521 g/mol. The molecule has 2 heterocycles. The Bertz CT molecular complexity index is 1320. The second-order valence-electron chi connectivity index (χ2n) is 7.57. The number of hydrogen-bond acceptors (Lipinski definition) is 7. The Labute approximate surface area is 208 Å². The lowest BCUT2D eigenvalue weighted by molar-refractivity contribution is -0.115. The van der Waals surface area contributed by atoms with Crippen LogP contribution in [0.5, 0.6) is 0 Å². The predicted molar refractivity (Wildman–Crippen MR) is 134 cm³/mol. The van der Waals surface area contributed by atoms with Crippen LogP contribution in [0.3, 0.4) is 0 Å². The topological polar surface area (TPSA) is 89.8 Å². The first-order valence-electron chi connectivity index (χ1n) is 11.0. The fourth-order valence-corrected chi connectivity index (χ4v) is 6.91. The number of hydrogen-bond donors (Lipinski definition) is 1. The van der Waals surface area contributed by atoms with E-state index in [-0.39, 0.29) is 35.7 Å². The molecule has 0 atom stereocenters. The minimum atomic E-state index is -0.411. The molecule has 0 saturated carbocycles. The average Bonchev–Trinajstić information content (AvgIpc) is 3.45. The molecule has 3 aromatic rings. The van der Waals surface area contributed by atoms with Crippen LogP contribution < -0.4 is 10.1 Å². The van der Waals surface area contributed by atoms with Crippen molar-refractivity contribution in [3.63, 3.8) is 0 Å². The van der Waals surface area contributed by atoms with E-state index in [4.69, 9.17) is 4.74 Å². The second-order valence-corrected chi connectivity index (χ2v) is 10.7. The summed E-state index contributed by atoms with van der Waals surface area (Å²) in [4.78, 5) is 43.1. The van der Waals surface area contributed by atoms with Crippen LogP contribution in [-0.2, 0) is 33.7 Å². The van der Waals surface area contributed by atoms with E-state index in [0.29, 0.717) is 21.9 Å². The van der Waals surface area contributed by atoms with Crippen LogP contribution in [0.25, 0.3) is 10.2 Å². The number of carbonyl (C=O) groups excluding carboxylic acids is 3. The van der Waals surface area contributed by atoms with Gasteiger partial charge in [-0.3, -0.25) is 9.59 Å². The summed E-state index contributed by atoms with van der Waals surface area (Å²) in [5.74, 6) is -1.31. The Morgan fingerprint density at radius 3 is 2.79 bits per heavy atom. The summed E-state index contributed by atoms with van der Waals surface area (Å²) >= 11 is 3.84. The van der Waals surface area contributed by atoms with Crippen LogP contribution in [0.2, 0.25) is 0 Å². The zero-order valence-electron chi connectivity index (χ0n) is 18.8. The lowest BCUT2D eigenvalue weighted by Gasteiger charge is -2.07. The number of fused-ring (bicyclic) bond motifs is 2. The molecule has 2 amide bonds. The van der Waals surface area contributed by atoms with Crippen LogP contribution in [0.1, 0.15) is 41.1 Å². The third-order valence-electron chi connectivity index (χ3n) is 5.29. The standard InChI is InChI=1S/C23H24FN3O4S3/c1-3-27-15-9-8-13(24)10-17(15)34-23(27)26-19(29)12-32-11-18(28)25-21-20(22(30)31-4-2)14-6-5-7-16(14)33-21/h8-10H,3-7,11-12H2,1-2H3,(H,25,28). The van der Waals surface area contributed by atoms with Gasteiger partial charge in [0, 0.05) is 11.4 Å². The smallest absolute Gasteiger partial charge is 0.341 e. The minimum Gasteiger partial charge on any atom is -0.462 e. The van der Waals surface area contributed by atoms with Crippen LogP contribution in [0, 0.1) is 5.82 Å². The largest absolute Gasteiger partial charge is 0.462 e. The molecule has 4 rings (SSSR count). The van der Waals surface area contributed by atoms with Crippen molar-refractivity contribution >= 4 is 67.4 Å². The molecule has 11 heteroatoms. The molecule has 1 aliphatic rings. The van der Waals surface area contributed by atoms with E-state index in [9.17, 15) is 18.8 Å². The van der Waals surface area contributed by atoms with Crippen molar-refractivity contribution in [3.05, 3.63) is 44.8 Å². The second kappa shape index (κ2) is 10.8. The number of carbonyl (C=O) groups is 3. The van der Waals surface area contributed by atoms with Gasteiger partial charge in [-0.15, -0.1) is 23.1 Å². The molecule has 1 aromatic carbocycles. The molecule has 0 saturated heterocycles. The number of aryl methyl sites for hydroxylation is 2. The number of rotatable bonds is 8. The van der Waals surface area contributed by atoms with E-state index in [1.165, 1.54) is 34.8 Å². The Hall–Kier alpha value is -2.50. The summed E-state index contributed by atoms with van der Waals surface area (Å²) in [6, 6.07) is 4.49. The number of amides is 2. The number of esters is 1. The van der Waals surface area contributed by atoms with E-state index in [2.05, 4.69) is 10.3 Å². The van der Waals surface area contributed by atoms with Crippen LogP contribution in [0.4, 0.5) is 9.39 Å². The van der Waals surface area contributed by atoms with Gasteiger partial charge in [0.05, 0.1) is 33.9 Å². The first-order chi connectivity index (χ1) is 16.4. The molecule has 1 N–H and O–H groups in total. The van der Waals surface area contributed by atoms with E-state index < -0.39 is 5.97 Å². The maximum atomic E-state index is 13.5. The molecule has 7 nitrogen and oxygen atoms in total. The summed E-state index contributed by atoms with van der Waals surface area (Å²) in [6.45, 7) is 4.55. The summed E-state index contributed by atoms with van der Waals surface area (Å²) < 4.78 is 21.3. The number of thioether (sulfide) groups is 1. The minimum absolute atomic E-state index is 0.0331. The number of nitrogens with one attached hydrogen (secondary N) is 1. The number of halogens is 1. The van der Waals surface area contributed by atoms with E-state index in [1.54, 1.807) is 13.0 Å². The number of nitrogens with zero attached hydrogens (tertiary/aromatic N) is 2. The van der Waals surface area contributed by atoms with Gasteiger partial charge in [0.1, 0.15) is 10.8 Å². The third-order valence-corrected chi connectivity index (χ3v) is 8.46. The Morgan fingerprint density at radius 1 is 1.21 bits per heavy atom. The maximum absolute atomic E-state index is 13.5. The van der Waals surface area contributed by atoms with Gasteiger partial charge in [0.2, 0.25) is 5.91 Å². The first-order valence-corrected chi connectivity index (χ1v) is 13.8. The summed E-state index contributed by atoms with van der Waals surface area (Å²) in [6.07, 6.45) is 2.70. The Balaban J connectivity index is 1.38. The van der Waals surface area contributed by atoms with Gasteiger partial charge in [0.15, 0.2) is 4.80 Å². The highest BCUT2D eigenvalue weighted by Gasteiger charge is 2.28. The van der Waals surface area contributed by atoms with Gasteiger partial charge in [-0.25, -0.2) is 9.18 Å². The van der Waals surface area contributed by atoms with E-state index >= 15 is 0 Å². The number of aromatic nitrogens is 1. The summed E-state index contributed by atoms with van der Waals surface area (Å²) in [5.41, 5.74) is 2.27. The number of thiazole rings is 1. The van der Waals surface area contributed by atoms with Gasteiger partial charge in [-0.05, 0) is 56.9 Å². The fourth-order valence-electron chi connectivity index (χ4n) is 3.88. The van der Waals surface area contributed by atoms with Gasteiger partial charge in [-0.2, -0.15) is 4.99 Å². The molecule has 0 spiro atoms. The molecule has 0 radical (unpaired) electrons. The zero-order chi connectivity index (χ0) is 24.2. The molecule has 1 aliphatic carbocycles. The molecule has 0 bridgehead atoms. The van der Waals surface area contributed by atoms with Gasteiger partial charge < -0.3 is 14.6 Å². The molecule has 0 fully saturated rings. The van der Waals surface area contributed by atoms with Gasteiger partial charge in [-0.1, -0.05) is 11.3 Å². The number of anilines is 1. The van der Waals surface area contributed by atoms with Crippen LogP contribution >= 0.6 is 34.4 Å². The molecular formula is C23H24FN3O4S3. The summed E-state index contributed by atoms with van der Waals surface area (Å²) in [5, 5.41) is 3.34. The molecule has 180 valence electrons. The number of ether oxygens (including phenoxy) is 1. The van der Waals surface area contributed by atoms with Gasteiger partial charge in [0.25, 0.3) is 5.91 Å². The van der Waals surface area contributed by atoms with Crippen molar-refractivity contribution in [1.82, 2.24) is 4.57 Å². The van der Waals surface area contributed by atoms with Crippen molar-refractivity contribution in [2.24, 2.45) is 4.99 Å². The molecule has 34 heavy (non-hydrogen) atoms. The highest BCUT2D eigenvalue weighted by atomic mass is 32.2. The van der Waals surface area contributed by atoms with Gasteiger partial charge >= 0.3 is 5.97 Å². The molecule has 0 unspecified atom stereocenters. The highest BCUT2D eigenvalue weighted by molar-refractivity contribution is 8.00. The van der Waals surface area contributed by atoms with Crippen molar-refractivity contribution in [3.8, 4) is 0 Å². The van der Waals surface area contributed by atoms with Crippen molar-refractivity contribution in [2.75, 3.05) is 23.4 Å². The Kier molecular flexibility index (Phi) is 7.84. The van der Waals surface area contributed by atoms with Crippen molar-refractivity contribution in [2.45, 2.75) is 39.7 Å². The first kappa shape index (κ1) is 24.6. The third kappa shape index (κ3) is 5.26. The maximum Gasteiger partial charge on any atom is 0.341 e. The molecule has 2 aromatic heterocycles. The van der Waals surface area contributed by atoms with Crippen molar-refractivity contribution in [1.29, 1.82) is 0 Å². The summed E-state index contributed by atoms with van der Waals surface area (Å²) in [7, 11) is 0. The SMILES string of the molecule is CCOC(=O)c1c(NC(=O)CSCC(=O)N=c2sc3cc(F)ccc3n2CC)sc2c1CCC2. The highest BCUT2D eigenvalue weighted by Crippen LogP contribution is 2.39. The average molecular weight is 522 g/mol. The quantitative estimate of drug-likeness (QED) is 0.444. The lowest BCUT2D eigenvalue weighted by atomic mass is 10.1. The zero-order valence-corrected chi connectivity index (χ0v) is 21.3. The number of benzene rings is 1. The molecular weight excluding hydrogens is 497 g/mol.